The average molecular weight is 290 g/mol. The number of aliphatic carboxylic acids is 2. The number of hydrogen-bond acceptors (Lipinski definition) is 2. The second-order valence-electron chi connectivity index (χ2n) is 5.34. The minimum absolute atomic E-state index is 0.297. The predicted octanol–water partition coefficient (Wildman–Crippen LogP) is 4.17. The highest BCUT2D eigenvalue weighted by Crippen LogP contribution is 2.21. The summed E-state index contributed by atoms with van der Waals surface area (Å²) in [6, 6.07) is 0. The number of carboxylic acid groups (broad SMARTS) is 2. The van der Waals surface area contributed by atoms with Crippen molar-refractivity contribution in [3.05, 3.63) is 0 Å². The Labute approximate surface area is 120 Å². The van der Waals surface area contributed by atoms with Crippen LogP contribution in [0.2, 0.25) is 0 Å². The second-order valence-corrected chi connectivity index (χ2v) is 5.34. The van der Waals surface area contributed by atoms with Crippen LogP contribution in [0.4, 0.5) is 4.39 Å². The third-order valence-electron chi connectivity index (χ3n) is 3.55. The molecule has 0 atom stereocenters. The summed E-state index contributed by atoms with van der Waals surface area (Å²) in [5.41, 5.74) is -3.12. The lowest BCUT2D eigenvalue weighted by Gasteiger charge is -2.14. The summed E-state index contributed by atoms with van der Waals surface area (Å²) < 4.78 is 13.6. The summed E-state index contributed by atoms with van der Waals surface area (Å²) in [5.74, 6) is -3.80. The molecule has 0 heterocycles. The number of rotatable bonds is 13. The largest absolute Gasteiger partial charge is 0.478 e. The van der Waals surface area contributed by atoms with E-state index in [9.17, 15) is 14.0 Å². The number of halogens is 1. The van der Waals surface area contributed by atoms with Gasteiger partial charge in [-0.15, -0.1) is 0 Å². The minimum atomic E-state index is -3.12. The lowest BCUT2D eigenvalue weighted by Crippen LogP contribution is -2.42. The fourth-order valence-corrected chi connectivity index (χ4v) is 2.16. The molecule has 0 aliphatic heterocycles. The molecule has 0 aliphatic carbocycles. The molecule has 0 aliphatic rings. The van der Waals surface area contributed by atoms with E-state index in [4.69, 9.17) is 10.2 Å². The zero-order valence-corrected chi connectivity index (χ0v) is 12.4. The highest BCUT2D eigenvalue weighted by Gasteiger charge is 2.46. The summed E-state index contributed by atoms with van der Waals surface area (Å²) in [5, 5.41) is 17.2. The van der Waals surface area contributed by atoms with Gasteiger partial charge >= 0.3 is 17.6 Å². The fraction of sp³-hybridized carbons (Fsp3) is 0.867. The van der Waals surface area contributed by atoms with E-state index in [0.717, 1.165) is 19.3 Å². The van der Waals surface area contributed by atoms with Gasteiger partial charge in [-0.1, -0.05) is 64.7 Å². The molecule has 2 N–H and O–H groups in total. The van der Waals surface area contributed by atoms with Gasteiger partial charge in [-0.2, -0.15) is 0 Å². The van der Waals surface area contributed by atoms with Gasteiger partial charge in [0.15, 0.2) is 0 Å². The molecule has 0 saturated carbocycles. The van der Waals surface area contributed by atoms with Gasteiger partial charge < -0.3 is 10.2 Å². The first-order valence-corrected chi connectivity index (χ1v) is 7.61. The van der Waals surface area contributed by atoms with Gasteiger partial charge in [0.2, 0.25) is 0 Å². The first-order chi connectivity index (χ1) is 9.45. The number of carboxylic acids is 2. The summed E-state index contributed by atoms with van der Waals surface area (Å²) in [4.78, 5) is 21.2. The van der Waals surface area contributed by atoms with Crippen LogP contribution in [0.15, 0.2) is 0 Å². The molecule has 5 heteroatoms. The van der Waals surface area contributed by atoms with E-state index in [-0.39, 0.29) is 0 Å². The van der Waals surface area contributed by atoms with Crippen molar-refractivity contribution in [1.29, 1.82) is 0 Å². The summed E-state index contributed by atoms with van der Waals surface area (Å²) >= 11 is 0. The van der Waals surface area contributed by atoms with Crippen molar-refractivity contribution in [3.63, 3.8) is 0 Å². The molecular weight excluding hydrogens is 263 g/mol. The van der Waals surface area contributed by atoms with Gasteiger partial charge in [-0.3, -0.25) is 0 Å². The van der Waals surface area contributed by atoms with Gasteiger partial charge in [0.1, 0.15) is 0 Å². The molecule has 0 bridgehead atoms. The standard InChI is InChI=1S/C15H27FO4/c1-2-3-4-5-6-7-8-9-10-11-12-15(16,13(17)18)14(19)20/h2-12H2,1H3,(H,17,18)(H,19,20). The van der Waals surface area contributed by atoms with E-state index < -0.39 is 24.0 Å². The number of hydrogen-bond donors (Lipinski definition) is 2. The van der Waals surface area contributed by atoms with Gasteiger partial charge in [-0.25, -0.2) is 14.0 Å². The van der Waals surface area contributed by atoms with Crippen molar-refractivity contribution in [1.82, 2.24) is 0 Å². The van der Waals surface area contributed by atoms with Crippen molar-refractivity contribution in [3.8, 4) is 0 Å². The third-order valence-corrected chi connectivity index (χ3v) is 3.55. The lowest BCUT2D eigenvalue weighted by molar-refractivity contribution is -0.167. The Morgan fingerprint density at radius 2 is 1.15 bits per heavy atom. The van der Waals surface area contributed by atoms with Gasteiger partial charge in [0, 0.05) is 6.42 Å². The number of alkyl halides is 1. The van der Waals surface area contributed by atoms with Crippen molar-refractivity contribution in [2.24, 2.45) is 0 Å². The van der Waals surface area contributed by atoms with Crippen LogP contribution in [0.25, 0.3) is 0 Å². The quantitative estimate of drug-likeness (QED) is 0.394. The molecule has 0 aromatic heterocycles. The maximum atomic E-state index is 13.6. The van der Waals surface area contributed by atoms with Gasteiger partial charge in [0.05, 0.1) is 0 Å². The van der Waals surface area contributed by atoms with Crippen LogP contribution in [-0.4, -0.2) is 27.8 Å². The first kappa shape index (κ1) is 18.9. The fourth-order valence-electron chi connectivity index (χ4n) is 2.16. The smallest absolute Gasteiger partial charge is 0.353 e. The van der Waals surface area contributed by atoms with Crippen molar-refractivity contribution >= 4 is 11.9 Å². The number of unbranched alkanes of at least 4 members (excludes halogenated alkanes) is 9. The molecule has 4 nitrogen and oxygen atoms in total. The first-order valence-electron chi connectivity index (χ1n) is 7.61. The maximum absolute atomic E-state index is 13.6. The average Bonchev–Trinajstić information content (AvgIpc) is 2.40. The molecule has 0 aromatic carbocycles. The number of carbonyl (C=O) groups is 2. The second kappa shape index (κ2) is 10.6. The normalized spacial score (nSPS) is 11.5. The van der Waals surface area contributed by atoms with Crippen LogP contribution < -0.4 is 0 Å². The Morgan fingerprint density at radius 3 is 1.50 bits per heavy atom. The highest BCUT2D eigenvalue weighted by atomic mass is 19.1. The Balaban J connectivity index is 3.56. The molecule has 0 aromatic rings. The molecule has 0 fully saturated rings. The summed E-state index contributed by atoms with van der Waals surface area (Å²) in [6.07, 6.45) is 9.87. The van der Waals surface area contributed by atoms with Crippen molar-refractivity contribution in [2.75, 3.05) is 0 Å². The lowest BCUT2D eigenvalue weighted by atomic mass is 9.97. The van der Waals surface area contributed by atoms with E-state index >= 15 is 0 Å². The zero-order valence-electron chi connectivity index (χ0n) is 12.4. The summed E-state index contributed by atoms with van der Waals surface area (Å²) in [6.45, 7) is 2.18. The Kier molecular flexibility index (Phi) is 10.0. The molecule has 20 heavy (non-hydrogen) atoms. The van der Waals surface area contributed by atoms with Crippen LogP contribution in [0.3, 0.4) is 0 Å². The Bertz CT molecular complexity index is 278. The SMILES string of the molecule is CCCCCCCCCCCCC(F)(C(=O)O)C(=O)O. The molecule has 0 saturated heterocycles. The van der Waals surface area contributed by atoms with Crippen LogP contribution in [0, 0.1) is 0 Å². The summed E-state index contributed by atoms with van der Waals surface area (Å²) in [7, 11) is 0. The van der Waals surface area contributed by atoms with E-state index in [0.29, 0.717) is 12.8 Å². The molecule has 118 valence electrons. The van der Waals surface area contributed by atoms with E-state index in [1.807, 2.05) is 0 Å². The Morgan fingerprint density at radius 1 is 0.800 bits per heavy atom. The Hall–Kier alpha value is -1.13. The molecule has 0 radical (unpaired) electrons. The maximum Gasteiger partial charge on any atom is 0.353 e. The molecule has 0 spiro atoms. The van der Waals surface area contributed by atoms with E-state index in [2.05, 4.69) is 6.92 Å². The molecule has 0 unspecified atom stereocenters. The van der Waals surface area contributed by atoms with E-state index in [1.54, 1.807) is 0 Å². The van der Waals surface area contributed by atoms with Crippen LogP contribution in [0.5, 0.6) is 0 Å². The zero-order chi connectivity index (χ0) is 15.4. The van der Waals surface area contributed by atoms with Crippen LogP contribution in [0.1, 0.15) is 77.6 Å². The molecule has 0 amide bonds. The molecule has 0 rings (SSSR count). The van der Waals surface area contributed by atoms with Crippen LogP contribution >= 0.6 is 0 Å². The minimum Gasteiger partial charge on any atom is -0.478 e. The van der Waals surface area contributed by atoms with E-state index in [1.165, 1.54) is 32.1 Å². The van der Waals surface area contributed by atoms with Crippen molar-refractivity contribution in [2.45, 2.75) is 83.2 Å². The predicted molar refractivity (Wildman–Crippen MR) is 75.6 cm³/mol. The van der Waals surface area contributed by atoms with Crippen molar-refractivity contribution < 1.29 is 24.2 Å². The molecular formula is C15H27FO4. The van der Waals surface area contributed by atoms with Crippen LogP contribution in [-0.2, 0) is 9.59 Å². The highest BCUT2D eigenvalue weighted by molar-refractivity contribution is 6.01. The monoisotopic (exact) mass is 290 g/mol. The topological polar surface area (TPSA) is 74.6 Å². The van der Waals surface area contributed by atoms with Gasteiger partial charge in [0.25, 0.3) is 0 Å². The van der Waals surface area contributed by atoms with Gasteiger partial charge in [-0.05, 0) is 6.42 Å². The third kappa shape index (κ3) is 7.46.